The number of amides is 3. The van der Waals surface area contributed by atoms with Gasteiger partial charge >= 0.3 is 6.03 Å². The van der Waals surface area contributed by atoms with Crippen molar-refractivity contribution in [3.05, 3.63) is 16.8 Å². The molecule has 0 fully saturated rings. The Kier molecular flexibility index (Phi) is 4.99. The lowest BCUT2D eigenvalue weighted by atomic mass is 10.2. The standard InChI is InChI=1S/C12H16N6O2S/c1-8(2)5-13-12(20)14-10(19)6-18-16-11(15-17-18)9-3-4-21-7-9/h3-4,7-8H,5-6H2,1-2H3,(H2,13,14,19,20). The van der Waals surface area contributed by atoms with E-state index in [0.29, 0.717) is 18.3 Å². The molecule has 0 atom stereocenters. The number of carbonyl (C=O) groups excluding carboxylic acids is 2. The van der Waals surface area contributed by atoms with Gasteiger partial charge in [-0.15, -0.1) is 10.2 Å². The van der Waals surface area contributed by atoms with E-state index < -0.39 is 11.9 Å². The van der Waals surface area contributed by atoms with Crippen molar-refractivity contribution in [2.45, 2.75) is 20.4 Å². The quantitative estimate of drug-likeness (QED) is 0.854. The number of hydrogen-bond donors (Lipinski definition) is 2. The zero-order valence-electron chi connectivity index (χ0n) is 11.7. The summed E-state index contributed by atoms with van der Waals surface area (Å²) >= 11 is 1.52. The summed E-state index contributed by atoms with van der Waals surface area (Å²) < 4.78 is 0. The Balaban J connectivity index is 1.84. The topological polar surface area (TPSA) is 102 Å². The molecule has 9 heteroatoms. The zero-order valence-corrected chi connectivity index (χ0v) is 12.6. The minimum Gasteiger partial charge on any atom is -0.338 e. The summed E-state index contributed by atoms with van der Waals surface area (Å²) in [5.74, 6) is 0.273. The van der Waals surface area contributed by atoms with Gasteiger partial charge in [0.1, 0.15) is 6.54 Å². The highest BCUT2D eigenvalue weighted by Crippen LogP contribution is 2.16. The first-order valence-electron chi connectivity index (χ1n) is 6.42. The number of aromatic nitrogens is 4. The largest absolute Gasteiger partial charge is 0.338 e. The Morgan fingerprint density at radius 2 is 2.24 bits per heavy atom. The molecule has 3 amide bonds. The average molecular weight is 308 g/mol. The molecule has 2 rings (SSSR count). The molecule has 112 valence electrons. The summed E-state index contributed by atoms with van der Waals surface area (Å²) in [7, 11) is 0. The number of imide groups is 1. The predicted octanol–water partition coefficient (Wildman–Crippen LogP) is 0.883. The molecule has 0 bridgehead atoms. The highest BCUT2D eigenvalue weighted by atomic mass is 32.1. The van der Waals surface area contributed by atoms with Crippen LogP contribution in [0, 0.1) is 5.92 Å². The monoisotopic (exact) mass is 308 g/mol. The van der Waals surface area contributed by atoms with Gasteiger partial charge in [-0.2, -0.15) is 16.1 Å². The number of rotatable bonds is 5. The van der Waals surface area contributed by atoms with Gasteiger partial charge in [-0.1, -0.05) is 13.8 Å². The molecule has 0 spiro atoms. The molecule has 0 aromatic carbocycles. The van der Waals surface area contributed by atoms with Crippen LogP contribution in [-0.2, 0) is 11.3 Å². The maximum Gasteiger partial charge on any atom is 0.321 e. The molecule has 0 radical (unpaired) electrons. The summed E-state index contributed by atoms with van der Waals surface area (Å²) in [5, 5.41) is 20.3. The summed E-state index contributed by atoms with van der Waals surface area (Å²) in [6.07, 6.45) is 0. The van der Waals surface area contributed by atoms with Crippen LogP contribution in [0.15, 0.2) is 16.8 Å². The van der Waals surface area contributed by atoms with Crippen molar-refractivity contribution < 1.29 is 9.59 Å². The fourth-order valence-electron chi connectivity index (χ4n) is 1.45. The van der Waals surface area contributed by atoms with E-state index in [1.165, 1.54) is 11.3 Å². The molecule has 2 aromatic rings. The van der Waals surface area contributed by atoms with Crippen LogP contribution in [0.5, 0.6) is 0 Å². The molecule has 0 saturated heterocycles. The Bertz CT molecular complexity index is 607. The lowest BCUT2D eigenvalue weighted by Gasteiger charge is -2.07. The van der Waals surface area contributed by atoms with Crippen molar-refractivity contribution >= 4 is 23.3 Å². The molecular formula is C12H16N6O2S. The Hall–Kier alpha value is -2.29. The summed E-state index contributed by atoms with van der Waals surface area (Å²) in [6.45, 7) is 4.27. The third-order valence-corrected chi connectivity index (χ3v) is 3.12. The van der Waals surface area contributed by atoms with Crippen LogP contribution in [0.3, 0.4) is 0 Å². The van der Waals surface area contributed by atoms with Crippen LogP contribution < -0.4 is 10.6 Å². The van der Waals surface area contributed by atoms with E-state index in [1.54, 1.807) is 0 Å². The highest BCUT2D eigenvalue weighted by Gasteiger charge is 2.12. The van der Waals surface area contributed by atoms with Gasteiger partial charge in [0.2, 0.25) is 5.82 Å². The molecule has 0 aliphatic carbocycles. The number of hydrogen-bond acceptors (Lipinski definition) is 6. The molecule has 0 unspecified atom stereocenters. The molecule has 2 aromatic heterocycles. The number of thiophene rings is 1. The van der Waals surface area contributed by atoms with E-state index in [0.717, 1.165) is 10.4 Å². The lowest BCUT2D eigenvalue weighted by Crippen LogP contribution is -2.42. The van der Waals surface area contributed by atoms with E-state index >= 15 is 0 Å². The van der Waals surface area contributed by atoms with Crippen LogP contribution in [0.1, 0.15) is 13.8 Å². The van der Waals surface area contributed by atoms with Crippen molar-refractivity contribution in [1.29, 1.82) is 0 Å². The number of nitrogens with zero attached hydrogens (tertiary/aromatic N) is 4. The first-order chi connectivity index (χ1) is 10.0. The maximum absolute atomic E-state index is 11.7. The number of tetrazole rings is 1. The van der Waals surface area contributed by atoms with E-state index in [9.17, 15) is 9.59 Å². The number of urea groups is 1. The number of carbonyl (C=O) groups is 2. The third kappa shape index (κ3) is 4.63. The normalized spacial score (nSPS) is 10.6. The second-order valence-electron chi connectivity index (χ2n) is 4.81. The van der Waals surface area contributed by atoms with Gasteiger partial charge in [-0.05, 0) is 22.6 Å². The summed E-state index contributed by atoms with van der Waals surface area (Å²) in [5.41, 5.74) is 0.848. The van der Waals surface area contributed by atoms with Crippen LogP contribution in [-0.4, -0.2) is 38.7 Å². The average Bonchev–Trinajstić information content (AvgIpc) is 3.06. The first-order valence-corrected chi connectivity index (χ1v) is 7.37. The molecule has 8 nitrogen and oxygen atoms in total. The van der Waals surface area contributed by atoms with Crippen molar-refractivity contribution in [3.63, 3.8) is 0 Å². The minimum absolute atomic E-state index is 0.160. The second kappa shape index (κ2) is 6.93. The fourth-order valence-corrected chi connectivity index (χ4v) is 2.09. The Morgan fingerprint density at radius 1 is 1.43 bits per heavy atom. The molecule has 0 saturated carbocycles. The lowest BCUT2D eigenvalue weighted by molar-refractivity contribution is -0.121. The Labute approximate surface area is 125 Å². The first kappa shape index (κ1) is 15.1. The molecular weight excluding hydrogens is 292 g/mol. The third-order valence-electron chi connectivity index (χ3n) is 2.44. The van der Waals surface area contributed by atoms with Crippen molar-refractivity contribution in [1.82, 2.24) is 30.8 Å². The van der Waals surface area contributed by atoms with Crippen LogP contribution in [0.2, 0.25) is 0 Å². The van der Waals surface area contributed by atoms with Crippen molar-refractivity contribution in [2.75, 3.05) is 6.54 Å². The molecule has 2 N–H and O–H groups in total. The minimum atomic E-state index is -0.521. The molecule has 0 aliphatic heterocycles. The van der Waals surface area contributed by atoms with Crippen LogP contribution >= 0.6 is 11.3 Å². The van der Waals surface area contributed by atoms with Crippen LogP contribution in [0.4, 0.5) is 4.79 Å². The van der Waals surface area contributed by atoms with Crippen molar-refractivity contribution in [2.24, 2.45) is 5.92 Å². The smallest absolute Gasteiger partial charge is 0.321 e. The van der Waals surface area contributed by atoms with Crippen LogP contribution in [0.25, 0.3) is 11.4 Å². The molecule has 21 heavy (non-hydrogen) atoms. The maximum atomic E-state index is 11.7. The zero-order chi connectivity index (χ0) is 15.2. The summed E-state index contributed by atoms with van der Waals surface area (Å²) in [6, 6.07) is 1.35. The van der Waals surface area contributed by atoms with E-state index in [1.807, 2.05) is 30.7 Å². The highest BCUT2D eigenvalue weighted by molar-refractivity contribution is 7.08. The van der Waals surface area contributed by atoms with Gasteiger partial charge in [0, 0.05) is 17.5 Å². The van der Waals surface area contributed by atoms with Crippen molar-refractivity contribution in [3.8, 4) is 11.4 Å². The SMILES string of the molecule is CC(C)CNC(=O)NC(=O)Cn1nnc(-c2ccsc2)n1. The number of nitrogens with one attached hydrogen (secondary N) is 2. The van der Waals surface area contributed by atoms with Gasteiger partial charge in [0.25, 0.3) is 5.91 Å². The second-order valence-corrected chi connectivity index (χ2v) is 5.59. The van der Waals surface area contributed by atoms with Gasteiger partial charge < -0.3 is 5.32 Å². The van der Waals surface area contributed by atoms with Gasteiger partial charge in [-0.3, -0.25) is 10.1 Å². The Morgan fingerprint density at radius 3 is 2.90 bits per heavy atom. The van der Waals surface area contributed by atoms with E-state index in [-0.39, 0.29) is 6.54 Å². The van der Waals surface area contributed by atoms with E-state index in [2.05, 4.69) is 26.0 Å². The van der Waals surface area contributed by atoms with Gasteiger partial charge in [-0.25, -0.2) is 4.79 Å². The molecule has 2 heterocycles. The van der Waals surface area contributed by atoms with E-state index in [4.69, 9.17) is 0 Å². The molecule has 0 aliphatic rings. The fraction of sp³-hybridized carbons (Fsp3) is 0.417. The summed E-state index contributed by atoms with van der Waals surface area (Å²) in [4.78, 5) is 24.2. The van der Waals surface area contributed by atoms with Gasteiger partial charge in [0.05, 0.1) is 0 Å². The predicted molar refractivity (Wildman–Crippen MR) is 77.5 cm³/mol. The van der Waals surface area contributed by atoms with Gasteiger partial charge in [0.15, 0.2) is 0 Å².